The van der Waals surface area contributed by atoms with Gasteiger partial charge in [-0.05, 0) is 24.7 Å². The number of rotatable bonds is 4. The van der Waals surface area contributed by atoms with Gasteiger partial charge in [-0.1, -0.05) is 20.8 Å². The SMILES string of the molecule is CCc1nc(C(=O)O)c(CN2CC(C)CC(C)C2)s1. The predicted molar refractivity (Wildman–Crippen MR) is 76.7 cm³/mol. The van der Waals surface area contributed by atoms with Gasteiger partial charge in [0.2, 0.25) is 0 Å². The molecule has 1 saturated heterocycles. The maximum absolute atomic E-state index is 11.2. The van der Waals surface area contributed by atoms with Crippen molar-refractivity contribution < 1.29 is 9.90 Å². The summed E-state index contributed by atoms with van der Waals surface area (Å²) >= 11 is 1.55. The largest absolute Gasteiger partial charge is 0.476 e. The molecule has 1 aliphatic heterocycles. The number of thiazole rings is 1. The molecule has 5 heteroatoms. The first-order valence-electron chi connectivity index (χ1n) is 6.93. The van der Waals surface area contributed by atoms with Gasteiger partial charge in [0.05, 0.1) is 9.88 Å². The summed E-state index contributed by atoms with van der Waals surface area (Å²) in [5, 5.41) is 10.2. The van der Waals surface area contributed by atoms with E-state index in [0.29, 0.717) is 11.8 Å². The van der Waals surface area contributed by atoms with E-state index >= 15 is 0 Å². The van der Waals surface area contributed by atoms with Crippen LogP contribution in [0, 0.1) is 11.8 Å². The van der Waals surface area contributed by atoms with Crippen molar-refractivity contribution in [1.29, 1.82) is 0 Å². The van der Waals surface area contributed by atoms with Crippen molar-refractivity contribution in [3.05, 3.63) is 15.6 Å². The van der Waals surface area contributed by atoms with Gasteiger partial charge >= 0.3 is 5.97 Å². The van der Waals surface area contributed by atoms with E-state index in [0.717, 1.165) is 35.9 Å². The Morgan fingerprint density at radius 3 is 2.58 bits per heavy atom. The summed E-state index contributed by atoms with van der Waals surface area (Å²) in [5.41, 5.74) is 0.257. The van der Waals surface area contributed by atoms with Crippen LogP contribution in [0.3, 0.4) is 0 Å². The van der Waals surface area contributed by atoms with E-state index in [1.807, 2.05) is 6.92 Å². The average molecular weight is 282 g/mol. The smallest absolute Gasteiger partial charge is 0.355 e. The van der Waals surface area contributed by atoms with E-state index in [1.54, 1.807) is 11.3 Å². The molecule has 2 heterocycles. The first kappa shape index (κ1) is 14.5. The van der Waals surface area contributed by atoms with Crippen molar-refractivity contribution in [2.45, 2.75) is 40.2 Å². The molecule has 1 aromatic rings. The van der Waals surface area contributed by atoms with E-state index in [2.05, 4.69) is 23.7 Å². The number of carbonyl (C=O) groups is 1. The molecule has 0 aliphatic carbocycles. The molecule has 0 aromatic carbocycles. The third-order valence-electron chi connectivity index (χ3n) is 3.56. The highest BCUT2D eigenvalue weighted by atomic mass is 32.1. The van der Waals surface area contributed by atoms with Gasteiger partial charge in [-0.2, -0.15) is 0 Å². The van der Waals surface area contributed by atoms with Crippen molar-refractivity contribution in [1.82, 2.24) is 9.88 Å². The van der Waals surface area contributed by atoms with E-state index in [-0.39, 0.29) is 5.69 Å². The number of hydrogen-bond donors (Lipinski definition) is 1. The highest BCUT2D eigenvalue weighted by Crippen LogP contribution is 2.26. The molecule has 1 aromatic heterocycles. The molecule has 2 rings (SSSR count). The number of aromatic nitrogens is 1. The molecule has 19 heavy (non-hydrogen) atoms. The van der Waals surface area contributed by atoms with Crippen LogP contribution in [0.4, 0.5) is 0 Å². The normalized spacial score (nSPS) is 24.6. The minimum absolute atomic E-state index is 0.257. The fraction of sp³-hybridized carbons (Fsp3) is 0.714. The zero-order valence-electron chi connectivity index (χ0n) is 11.8. The molecule has 1 aliphatic rings. The zero-order chi connectivity index (χ0) is 14.0. The van der Waals surface area contributed by atoms with Crippen LogP contribution < -0.4 is 0 Å². The summed E-state index contributed by atoms with van der Waals surface area (Å²) in [6.07, 6.45) is 2.07. The Balaban J connectivity index is 2.13. The van der Waals surface area contributed by atoms with Crippen LogP contribution in [0.5, 0.6) is 0 Å². The van der Waals surface area contributed by atoms with E-state index < -0.39 is 5.97 Å². The van der Waals surface area contributed by atoms with Crippen LogP contribution in [0.15, 0.2) is 0 Å². The summed E-state index contributed by atoms with van der Waals surface area (Å²) in [6.45, 7) is 9.40. The van der Waals surface area contributed by atoms with Crippen LogP contribution in [0.2, 0.25) is 0 Å². The van der Waals surface area contributed by atoms with Gasteiger partial charge < -0.3 is 5.11 Å². The molecule has 2 unspecified atom stereocenters. The lowest BCUT2D eigenvalue weighted by Gasteiger charge is -2.34. The van der Waals surface area contributed by atoms with Crippen molar-refractivity contribution in [2.24, 2.45) is 11.8 Å². The number of nitrogens with zero attached hydrogens (tertiary/aromatic N) is 2. The molecule has 0 saturated carbocycles. The highest BCUT2D eigenvalue weighted by molar-refractivity contribution is 7.11. The summed E-state index contributed by atoms with van der Waals surface area (Å²) in [6, 6.07) is 0. The molecular weight excluding hydrogens is 260 g/mol. The molecule has 106 valence electrons. The molecule has 2 atom stereocenters. The number of aryl methyl sites for hydroxylation is 1. The number of carboxylic acid groups (broad SMARTS) is 1. The first-order chi connectivity index (χ1) is 8.99. The van der Waals surface area contributed by atoms with Gasteiger partial charge in [-0.25, -0.2) is 9.78 Å². The number of piperidine rings is 1. The van der Waals surface area contributed by atoms with Crippen LogP contribution in [0.25, 0.3) is 0 Å². The standard InChI is InChI=1S/C14H22N2O2S/c1-4-12-15-13(14(17)18)11(19-12)8-16-6-9(2)5-10(3)7-16/h9-10H,4-8H2,1-3H3,(H,17,18). The fourth-order valence-corrected chi connectivity index (χ4v) is 3.99. The van der Waals surface area contributed by atoms with Gasteiger partial charge in [0.25, 0.3) is 0 Å². The molecule has 0 bridgehead atoms. The Bertz CT molecular complexity index is 448. The number of aromatic carboxylic acids is 1. The first-order valence-corrected chi connectivity index (χ1v) is 7.75. The van der Waals surface area contributed by atoms with Crippen molar-refractivity contribution in [3.63, 3.8) is 0 Å². The van der Waals surface area contributed by atoms with E-state index in [4.69, 9.17) is 0 Å². The number of hydrogen-bond acceptors (Lipinski definition) is 4. The second-order valence-corrected chi connectivity index (χ2v) is 6.85. The lowest BCUT2D eigenvalue weighted by molar-refractivity contribution is 0.0687. The second-order valence-electron chi connectivity index (χ2n) is 5.68. The van der Waals surface area contributed by atoms with Crippen molar-refractivity contribution >= 4 is 17.3 Å². The van der Waals surface area contributed by atoms with Crippen molar-refractivity contribution in [2.75, 3.05) is 13.1 Å². The molecular formula is C14H22N2O2S. The van der Waals surface area contributed by atoms with Gasteiger partial charge in [-0.15, -0.1) is 11.3 Å². The monoisotopic (exact) mass is 282 g/mol. The molecule has 1 N–H and O–H groups in total. The number of carboxylic acids is 1. The summed E-state index contributed by atoms with van der Waals surface area (Å²) in [4.78, 5) is 18.8. The predicted octanol–water partition coefficient (Wildman–Crippen LogP) is 2.88. The third kappa shape index (κ3) is 3.54. The lowest BCUT2D eigenvalue weighted by atomic mass is 9.92. The van der Waals surface area contributed by atoms with E-state index in [9.17, 15) is 9.90 Å². The van der Waals surface area contributed by atoms with Gasteiger partial charge in [0.1, 0.15) is 0 Å². The van der Waals surface area contributed by atoms with Gasteiger partial charge in [-0.3, -0.25) is 4.90 Å². The Kier molecular flexibility index (Phi) is 4.58. The zero-order valence-corrected chi connectivity index (χ0v) is 12.7. The maximum Gasteiger partial charge on any atom is 0.355 e. The lowest BCUT2D eigenvalue weighted by Crippen LogP contribution is -2.38. The Morgan fingerprint density at radius 2 is 2.05 bits per heavy atom. The van der Waals surface area contributed by atoms with E-state index in [1.165, 1.54) is 6.42 Å². The third-order valence-corrected chi connectivity index (χ3v) is 4.74. The van der Waals surface area contributed by atoms with Crippen LogP contribution in [-0.2, 0) is 13.0 Å². The highest BCUT2D eigenvalue weighted by Gasteiger charge is 2.25. The Morgan fingerprint density at radius 1 is 1.42 bits per heavy atom. The Labute approximate surface area is 118 Å². The molecule has 0 radical (unpaired) electrons. The summed E-state index contributed by atoms with van der Waals surface area (Å²) < 4.78 is 0. The topological polar surface area (TPSA) is 53.4 Å². The van der Waals surface area contributed by atoms with Gasteiger partial charge in [0, 0.05) is 19.6 Å². The minimum atomic E-state index is -0.899. The van der Waals surface area contributed by atoms with Crippen LogP contribution in [-0.4, -0.2) is 34.0 Å². The molecule has 4 nitrogen and oxygen atoms in total. The summed E-state index contributed by atoms with van der Waals surface area (Å²) in [7, 11) is 0. The average Bonchev–Trinajstić information content (AvgIpc) is 2.71. The van der Waals surface area contributed by atoms with Gasteiger partial charge in [0.15, 0.2) is 5.69 Å². The van der Waals surface area contributed by atoms with Crippen LogP contribution in [0.1, 0.15) is 47.6 Å². The number of likely N-dealkylation sites (tertiary alicyclic amines) is 1. The Hall–Kier alpha value is -0.940. The molecule has 0 amide bonds. The quantitative estimate of drug-likeness (QED) is 0.922. The van der Waals surface area contributed by atoms with Crippen LogP contribution >= 0.6 is 11.3 Å². The fourth-order valence-electron chi connectivity index (χ4n) is 2.95. The molecule has 0 spiro atoms. The minimum Gasteiger partial charge on any atom is -0.476 e. The summed E-state index contributed by atoms with van der Waals surface area (Å²) in [5.74, 6) is 0.482. The van der Waals surface area contributed by atoms with Crippen molar-refractivity contribution in [3.8, 4) is 0 Å². The molecule has 1 fully saturated rings. The second kappa shape index (κ2) is 6.01. The maximum atomic E-state index is 11.2.